The first-order valence-electron chi connectivity index (χ1n) is 6.36. The molecule has 0 aliphatic carbocycles. The second-order valence-corrected chi connectivity index (χ2v) is 3.95. The number of alkyl halides is 1. The first kappa shape index (κ1) is 15.8. The van der Waals surface area contributed by atoms with Crippen molar-refractivity contribution in [3.8, 4) is 5.75 Å². The zero-order chi connectivity index (χ0) is 14.6. The number of hydrogen-bond acceptors (Lipinski definition) is 4. The number of halogens is 1. The Balaban J connectivity index is 2.54. The van der Waals surface area contributed by atoms with Crippen LogP contribution in [0.5, 0.6) is 5.75 Å². The average Bonchev–Trinajstić information content (AvgIpc) is 2.48. The second-order valence-electron chi connectivity index (χ2n) is 3.95. The van der Waals surface area contributed by atoms with Crippen LogP contribution < -0.4 is 15.8 Å². The molecule has 0 fully saturated rings. The molecule has 0 aliphatic heterocycles. The van der Waals surface area contributed by atoms with Crippen molar-refractivity contribution in [2.45, 2.75) is 6.42 Å². The van der Waals surface area contributed by atoms with Gasteiger partial charge in [-0.1, -0.05) is 18.2 Å². The molecule has 1 aromatic carbocycles. The van der Waals surface area contributed by atoms with E-state index in [1.807, 2.05) is 18.2 Å². The van der Waals surface area contributed by atoms with Crippen LogP contribution in [0.4, 0.5) is 10.1 Å². The van der Waals surface area contributed by atoms with Crippen molar-refractivity contribution >= 4 is 11.9 Å². The molecule has 20 heavy (non-hydrogen) atoms. The van der Waals surface area contributed by atoms with Crippen molar-refractivity contribution in [2.24, 2.45) is 10.7 Å². The predicted octanol–water partition coefficient (Wildman–Crippen LogP) is 2.89. The van der Waals surface area contributed by atoms with E-state index in [4.69, 9.17) is 10.5 Å². The number of aliphatic imine (C=N–C) groups is 1. The van der Waals surface area contributed by atoms with Crippen LogP contribution in [0.2, 0.25) is 0 Å². The second kappa shape index (κ2) is 9.61. The number of rotatable bonds is 9. The zero-order valence-electron chi connectivity index (χ0n) is 11.4. The summed E-state index contributed by atoms with van der Waals surface area (Å²) in [4.78, 5) is 4.04. The minimum absolute atomic E-state index is 0.0376. The fraction of sp³-hybridized carbons (Fsp3) is 0.267. The number of nitrogens with one attached hydrogen (secondary N) is 1. The molecule has 0 spiro atoms. The van der Waals surface area contributed by atoms with E-state index in [2.05, 4.69) is 16.9 Å². The summed E-state index contributed by atoms with van der Waals surface area (Å²) in [5.41, 5.74) is 7.17. The quantitative estimate of drug-likeness (QED) is 0.539. The molecule has 1 rings (SSSR count). The number of nitrogens with two attached hydrogens (primary N) is 1. The Morgan fingerprint density at radius 3 is 3.00 bits per heavy atom. The van der Waals surface area contributed by atoms with Gasteiger partial charge in [0, 0.05) is 24.5 Å². The Morgan fingerprint density at radius 1 is 1.45 bits per heavy atom. The Labute approximate surface area is 118 Å². The van der Waals surface area contributed by atoms with Gasteiger partial charge in [0.1, 0.15) is 19.0 Å². The Kier molecular flexibility index (Phi) is 7.57. The van der Waals surface area contributed by atoms with Crippen molar-refractivity contribution in [2.75, 3.05) is 25.1 Å². The summed E-state index contributed by atoms with van der Waals surface area (Å²) < 4.78 is 17.4. The van der Waals surface area contributed by atoms with Gasteiger partial charge >= 0.3 is 0 Å². The third kappa shape index (κ3) is 6.04. The van der Waals surface area contributed by atoms with Crippen LogP contribution in [0.3, 0.4) is 0 Å². The Morgan fingerprint density at radius 2 is 2.25 bits per heavy atom. The maximum absolute atomic E-state index is 12.1. The van der Waals surface area contributed by atoms with Crippen LogP contribution in [-0.4, -0.2) is 26.0 Å². The zero-order valence-corrected chi connectivity index (χ0v) is 11.4. The van der Waals surface area contributed by atoms with E-state index < -0.39 is 6.67 Å². The van der Waals surface area contributed by atoms with Crippen LogP contribution in [0.25, 0.3) is 0 Å². The molecule has 0 unspecified atom stereocenters. The highest BCUT2D eigenvalue weighted by Crippen LogP contribution is 2.23. The molecule has 0 amide bonds. The van der Waals surface area contributed by atoms with Crippen molar-refractivity contribution in [1.29, 1.82) is 0 Å². The first-order valence-corrected chi connectivity index (χ1v) is 6.36. The number of anilines is 1. The molecule has 0 radical (unpaired) electrons. The third-order valence-corrected chi connectivity index (χ3v) is 2.32. The molecule has 1 aromatic rings. The fourth-order valence-corrected chi connectivity index (χ4v) is 1.41. The lowest BCUT2D eigenvalue weighted by atomic mass is 10.3. The van der Waals surface area contributed by atoms with Crippen molar-refractivity contribution < 1.29 is 9.13 Å². The fourth-order valence-electron chi connectivity index (χ4n) is 1.41. The van der Waals surface area contributed by atoms with Crippen LogP contribution in [0, 0.1) is 0 Å². The number of nitrogens with zero attached hydrogens (tertiary/aromatic N) is 1. The molecule has 4 nitrogen and oxygen atoms in total. The molecule has 0 aliphatic rings. The molecule has 0 heterocycles. The Hall–Kier alpha value is -2.30. The van der Waals surface area contributed by atoms with Gasteiger partial charge in [-0.25, -0.2) is 4.39 Å². The SMILES string of the molecule is C=CCC=N/C=C(/N)CNc1ccccc1OCCF. The van der Waals surface area contributed by atoms with Gasteiger partial charge in [0.2, 0.25) is 0 Å². The number of benzene rings is 1. The lowest BCUT2D eigenvalue weighted by Gasteiger charge is -2.12. The third-order valence-electron chi connectivity index (χ3n) is 2.32. The summed E-state index contributed by atoms with van der Waals surface area (Å²) in [6.45, 7) is 3.54. The maximum Gasteiger partial charge on any atom is 0.142 e. The van der Waals surface area contributed by atoms with Crippen LogP contribution in [0.1, 0.15) is 6.42 Å². The molecular formula is C15H20FN3O. The number of para-hydroxylation sites is 2. The van der Waals surface area contributed by atoms with Gasteiger partial charge in [-0.2, -0.15) is 0 Å². The average molecular weight is 277 g/mol. The molecule has 0 saturated heterocycles. The van der Waals surface area contributed by atoms with E-state index in [0.717, 1.165) is 5.69 Å². The number of ether oxygens (including phenoxy) is 1. The Bertz CT molecular complexity index is 472. The smallest absolute Gasteiger partial charge is 0.142 e. The minimum Gasteiger partial charge on any atom is -0.489 e. The van der Waals surface area contributed by atoms with E-state index in [0.29, 0.717) is 24.4 Å². The summed E-state index contributed by atoms with van der Waals surface area (Å²) in [6.07, 6.45) is 5.76. The molecule has 0 atom stereocenters. The van der Waals surface area contributed by atoms with Gasteiger partial charge in [-0.05, 0) is 12.1 Å². The van der Waals surface area contributed by atoms with E-state index in [9.17, 15) is 4.39 Å². The molecule has 0 saturated carbocycles. The number of hydrogen-bond donors (Lipinski definition) is 2. The van der Waals surface area contributed by atoms with Gasteiger partial charge < -0.3 is 15.8 Å². The predicted molar refractivity (Wildman–Crippen MR) is 82.0 cm³/mol. The van der Waals surface area contributed by atoms with E-state index >= 15 is 0 Å². The van der Waals surface area contributed by atoms with Gasteiger partial charge in [-0.3, -0.25) is 4.99 Å². The molecule has 108 valence electrons. The standard InChI is InChI=1S/C15H20FN3O/c1-2-3-9-18-11-13(17)12-19-14-6-4-5-7-15(14)20-10-8-16/h2,4-7,9,11,19H,1,3,8,10,12,17H2/b13-11+,18-9?. The van der Waals surface area contributed by atoms with Gasteiger partial charge in [0.25, 0.3) is 0 Å². The number of allylic oxidation sites excluding steroid dienone is 1. The summed E-state index contributed by atoms with van der Waals surface area (Å²) in [7, 11) is 0. The van der Waals surface area contributed by atoms with Crippen LogP contribution in [-0.2, 0) is 0 Å². The molecule has 3 N–H and O–H groups in total. The van der Waals surface area contributed by atoms with Crippen LogP contribution in [0.15, 0.2) is 53.8 Å². The summed E-state index contributed by atoms with van der Waals surface area (Å²) >= 11 is 0. The highest BCUT2D eigenvalue weighted by Gasteiger charge is 2.02. The molecule has 0 bridgehead atoms. The highest BCUT2D eigenvalue weighted by molar-refractivity contribution is 5.60. The normalized spacial score (nSPS) is 11.6. The van der Waals surface area contributed by atoms with E-state index in [1.165, 1.54) is 0 Å². The maximum atomic E-state index is 12.1. The molecule has 0 aromatic heterocycles. The summed E-state index contributed by atoms with van der Waals surface area (Å²) in [5, 5.41) is 3.13. The van der Waals surface area contributed by atoms with Crippen molar-refractivity contribution in [3.63, 3.8) is 0 Å². The van der Waals surface area contributed by atoms with Crippen LogP contribution >= 0.6 is 0 Å². The monoisotopic (exact) mass is 277 g/mol. The lowest BCUT2D eigenvalue weighted by molar-refractivity contribution is 0.274. The summed E-state index contributed by atoms with van der Waals surface area (Å²) in [5.74, 6) is 0.605. The van der Waals surface area contributed by atoms with Crippen molar-refractivity contribution in [1.82, 2.24) is 0 Å². The topological polar surface area (TPSA) is 59.6 Å². The first-order chi connectivity index (χ1) is 9.77. The van der Waals surface area contributed by atoms with Gasteiger partial charge in [-0.15, -0.1) is 6.58 Å². The molecular weight excluding hydrogens is 257 g/mol. The van der Waals surface area contributed by atoms with Gasteiger partial charge in [0.15, 0.2) is 0 Å². The minimum atomic E-state index is -0.519. The largest absolute Gasteiger partial charge is 0.489 e. The van der Waals surface area contributed by atoms with E-state index in [-0.39, 0.29) is 6.61 Å². The molecule has 5 heteroatoms. The lowest BCUT2D eigenvalue weighted by Crippen LogP contribution is -2.12. The van der Waals surface area contributed by atoms with Crippen molar-refractivity contribution in [3.05, 3.63) is 48.8 Å². The highest BCUT2D eigenvalue weighted by atomic mass is 19.1. The van der Waals surface area contributed by atoms with Gasteiger partial charge in [0.05, 0.1) is 12.2 Å². The summed E-state index contributed by atoms with van der Waals surface area (Å²) in [6, 6.07) is 7.33. The van der Waals surface area contributed by atoms with E-state index in [1.54, 1.807) is 24.6 Å².